The number of para-hydroxylation sites is 1. The molecule has 1 aromatic heterocycles. The minimum atomic E-state index is -0.527. The van der Waals surface area contributed by atoms with Crippen LogP contribution in [0.1, 0.15) is 5.56 Å². The fourth-order valence-corrected chi connectivity index (χ4v) is 1.77. The van der Waals surface area contributed by atoms with Gasteiger partial charge in [0.05, 0.1) is 4.92 Å². The largest absolute Gasteiger partial charge is 0.439 e. The fraction of sp³-hybridized carbons (Fsp3) is 0.0909. The van der Waals surface area contributed by atoms with Crippen LogP contribution in [0.15, 0.2) is 24.3 Å². The normalized spacial score (nSPS) is 9.56. The van der Waals surface area contributed by atoms with Gasteiger partial charge in [-0.2, -0.15) is 0 Å². The molecular weight excluding hydrogens is 226 g/mol. The quantitative estimate of drug-likeness (QED) is 0.603. The molecule has 2 rings (SSSR count). The molecule has 0 saturated carbocycles. The number of hydrogen-bond donors (Lipinski definition) is 0. The minimum absolute atomic E-state index is 0.173. The van der Waals surface area contributed by atoms with Gasteiger partial charge in [-0.25, -0.2) is 0 Å². The summed E-state index contributed by atoms with van der Waals surface area (Å²) in [5.41, 5.74) is 0.749. The Morgan fingerprint density at radius 3 is 2.88 bits per heavy atom. The molecule has 2 aromatic rings. The minimum Gasteiger partial charge on any atom is -0.439 e. The van der Waals surface area contributed by atoms with Gasteiger partial charge in [0.1, 0.15) is 5.75 Å². The van der Waals surface area contributed by atoms with Crippen LogP contribution in [-0.4, -0.2) is 4.92 Å². The topological polar surface area (TPSA) is 52.4 Å². The lowest BCUT2D eigenvalue weighted by Gasteiger charge is -2.04. The number of rotatable bonds is 3. The van der Waals surface area contributed by atoms with E-state index in [9.17, 15) is 10.1 Å². The molecule has 0 unspecified atom stereocenters. The maximum atomic E-state index is 10.6. The van der Waals surface area contributed by atoms with Crippen molar-refractivity contribution in [3.05, 3.63) is 51.4 Å². The Balaban J connectivity index is 2.31. The van der Waals surface area contributed by atoms with Crippen LogP contribution in [-0.2, 0) is 0 Å². The summed E-state index contributed by atoms with van der Waals surface area (Å²) in [7, 11) is 0. The van der Waals surface area contributed by atoms with Gasteiger partial charge in [0, 0.05) is 11.4 Å². The molecule has 0 aliphatic carbocycles. The van der Waals surface area contributed by atoms with Gasteiger partial charge in [0.15, 0.2) is 0 Å². The Morgan fingerprint density at radius 2 is 2.19 bits per heavy atom. The van der Waals surface area contributed by atoms with Crippen LogP contribution in [0.25, 0.3) is 0 Å². The molecule has 4 nitrogen and oxygen atoms in total. The maximum absolute atomic E-state index is 10.6. The van der Waals surface area contributed by atoms with Gasteiger partial charge in [-0.05, 0) is 29.9 Å². The van der Waals surface area contributed by atoms with Crippen LogP contribution in [0.5, 0.6) is 10.8 Å². The summed E-state index contributed by atoms with van der Waals surface area (Å²) in [5, 5.41) is 13.4. The van der Waals surface area contributed by atoms with E-state index >= 15 is 0 Å². The molecule has 0 atom stereocenters. The van der Waals surface area contributed by atoms with Crippen LogP contribution < -0.4 is 4.74 Å². The highest BCUT2D eigenvalue weighted by Gasteiger charge is 2.17. The van der Waals surface area contributed by atoms with Gasteiger partial charge >= 0.3 is 5.69 Å². The van der Waals surface area contributed by atoms with Crippen LogP contribution in [0, 0.1) is 28.5 Å². The predicted molar refractivity (Wildman–Crippen MR) is 59.9 cm³/mol. The molecular formula is C11H7NO3S. The number of aryl methyl sites for hydroxylation is 1. The summed E-state index contributed by atoms with van der Waals surface area (Å²) >= 11 is 1.04. The molecule has 1 aromatic carbocycles. The second-order valence-corrected chi connectivity index (χ2v) is 3.87. The highest BCUT2D eigenvalue weighted by Crippen LogP contribution is 2.34. The molecule has 0 aliphatic heterocycles. The van der Waals surface area contributed by atoms with E-state index in [1.54, 1.807) is 6.07 Å². The molecule has 1 heterocycles. The SMILES string of the molecule is Cc1ccccc1Oc1sc#cc1[N+](=O)[O-]. The smallest absolute Gasteiger partial charge is 0.374 e. The van der Waals surface area contributed by atoms with Gasteiger partial charge in [-0.1, -0.05) is 18.2 Å². The standard InChI is InChI=1S/C11H7NO3S/c1-8-4-2-3-5-10(8)15-11-9(12(13)14)6-7-16-11/h2-5H,1H3. The molecule has 0 spiro atoms. The molecule has 0 aliphatic rings. The average molecular weight is 233 g/mol. The van der Waals surface area contributed by atoms with Gasteiger partial charge in [0.2, 0.25) is 0 Å². The summed E-state index contributed by atoms with van der Waals surface area (Å²) in [6.07, 6.45) is 0. The average Bonchev–Trinajstić information content (AvgIpc) is 2.69. The zero-order chi connectivity index (χ0) is 11.5. The summed E-state index contributed by atoms with van der Waals surface area (Å²) in [4.78, 5) is 10.1. The fourth-order valence-electron chi connectivity index (χ4n) is 1.18. The van der Waals surface area contributed by atoms with Crippen molar-refractivity contribution in [3.63, 3.8) is 0 Å². The van der Waals surface area contributed by atoms with Crippen LogP contribution >= 0.6 is 11.3 Å². The first kappa shape index (κ1) is 10.5. The van der Waals surface area contributed by atoms with Crippen LogP contribution in [0.3, 0.4) is 0 Å². The second-order valence-electron chi connectivity index (χ2n) is 3.09. The van der Waals surface area contributed by atoms with E-state index in [1.807, 2.05) is 25.1 Å². The lowest BCUT2D eigenvalue weighted by molar-refractivity contribution is -0.385. The van der Waals surface area contributed by atoms with Gasteiger partial charge in [0.25, 0.3) is 5.06 Å². The van der Waals surface area contributed by atoms with E-state index < -0.39 is 4.92 Å². The Morgan fingerprint density at radius 1 is 1.44 bits per heavy atom. The summed E-state index contributed by atoms with van der Waals surface area (Å²) in [6, 6.07) is 9.75. The first-order valence-electron chi connectivity index (χ1n) is 4.48. The highest BCUT2D eigenvalue weighted by molar-refractivity contribution is 7.11. The monoisotopic (exact) mass is 233 g/mol. The van der Waals surface area contributed by atoms with Gasteiger partial charge in [-0.3, -0.25) is 10.1 Å². The molecule has 0 saturated heterocycles. The Bertz CT molecular complexity index is 521. The van der Waals surface area contributed by atoms with Crippen molar-refractivity contribution in [2.75, 3.05) is 0 Å². The van der Waals surface area contributed by atoms with Crippen LogP contribution in [0.4, 0.5) is 5.69 Å². The van der Waals surface area contributed by atoms with E-state index in [0.717, 1.165) is 16.9 Å². The number of hydrogen-bond acceptors (Lipinski definition) is 4. The first-order valence-corrected chi connectivity index (χ1v) is 5.30. The van der Waals surface area contributed by atoms with E-state index in [0.29, 0.717) is 5.75 Å². The third-order valence-corrected chi connectivity index (χ3v) is 2.65. The van der Waals surface area contributed by atoms with E-state index in [-0.39, 0.29) is 10.8 Å². The molecule has 80 valence electrons. The van der Waals surface area contributed by atoms with E-state index in [4.69, 9.17) is 4.74 Å². The molecule has 0 bridgehead atoms. The van der Waals surface area contributed by atoms with E-state index in [2.05, 4.69) is 11.4 Å². The third-order valence-electron chi connectivity index (χ3n) is 1.99. The summed E-state index contributed by atoms with van der Waals surface area (Å²) < 4.78 is 5.46. The second kappa shape index (κ2) is 4.21. The van der Waals surface area contributed by atoms with Crippen molar-refractivity contribution in [2.45, 2.75) is 6.92 Å². The molecule has 0 N–H and O–H groups in total. The molecule has 5 heteroatoms. The third kappa shape index (κ3) is 1.97. The van der Waals surface area contributed by atoms with Gasteiger partial charge in [-0.15, -0.1) is 0 Å². The van der Waals surface area contributed by atoms with Crippen molar-refractivity contribution in [1.29, 1.82) is 0 Å². The van der Waals surface area contributed by atoms with E-state index in [1.165, 1.54) is 0 Å². The van der Waals surface area contributed by atoms with Crippen molar-refractivity contribution >= 4 is 17.0 Å². The van der Waals surface area contributed by atoms with Crippen LogP contribution in [0.2, 0.25) is 0 Å². The van der Waals surface area contributed by atoms with Crippen molar-refractivity contribution in [2.24, 2.45) is 0 Å². The lowest BCUT2D eigenvalue weighted by Crippen LogP contribution is -1.90. The first-order chi connectivity index (χ1) is 7.68. The predicted octanol–water partition coefficient (Wildman–Crippen LogP) is 3.36. The number of nitrogens with zero attached hydrogens (tertiary/aromatic N) is 1. The Labute approximate surface area is 96.3 Å². The zero-order valence-electron chi connectivity index (χ0n) is 8.39. The number of benzene rings is 1. The summed E-state index contributed by atoms with van der Waals surface area (Å²) in [5.74, 6) is 0.606. The summed E-state index contributed by atoms with van der Waals surface area (Å²) in [6.45, 7) is 1.88. The molecule has 0 radical (unpaired) electrons. The zero-order valence-corrected chi connectivity index (χ0v) is 9.21. The maximum Gasteiger partial charge on any atom is 0.374 e. The lowest BCUT2D eigenvalue weighted by atomic mass is 10.2. The van der Waals surface area contributed by atoms with Crippen molar-refractivity contribution in [1.82, 2.24) is 0 Å². The number of nitro groups is 1. The van der Waals surface area contributed by atoms with Gasteiger partial charge < -0.3 is 4.74 Å². The Kier molecular flexibility index (Phi) is 2.75. The highest BCUT2D eigenvalue weighted by atomic mass is 32.1. The molecule has 16 heavy (non-hydrogen) atoms. The van der Waals surface area contributed by atoms with Crippen molar-refractivity contribution in [3.8, 4) is 10.8 Å². The number of ether oxygens (including phenoxy) is 1. The Hall–Kier alpha value is -2.06. The van der Waals surface area contributed by atoms with Crippen molar-refractivity contribution < 1.29 is 9.66 Å². The molecule has 0 fully saturated rings. The molecule has 0 amide bonds.